The van der Waals surface area contributed by atoms with Crippen molar-refractivity contribution in [2.24, 2.45) is 0 Å². The van der Waals surface area contributed by atoms with Crippen LogP contribution in [0, 0.1) is 0 Å². The number of benzene rings is 1. The van der Waals surface area contributed by atoms with Crippen molar-refractivity contribution in [2.75, 3.05) is 25.1 Å². The van der Waals surface area contributed by atoms with Gasteiger partial charge in [0.25, 0.3) is 0 Å². The molecule has 1 aliphatic heterocycles. The average Bonchev–Trinajstić information content (AvgIpc) is 2.64. The molecule has 5 nitrogen and oxygen atoms in total. The summed E-state index contributed by atoms with van der Waals surface area (Å²) in [5.41, 5.74) is 1.42. The van der Waals surface area contributed by atoms with Gasteiger partial charge in [-0.1, -0.05) is 29.8 Å². The smallest absolute Gasteiger partial charge is 0.338 e. The molecule has 1 fully saturated rings. The molecule has 0 bridgehead atoms. The summed E-state index contributed by atoms with van der Waals surface area (Å²) in [5.74, 6) is 0.621. The molecule has 0 saturated carbocycles. The summed E-state index contributed by atoms with van der Waals surface area (Å²) >= 11 is 5.88. The lowest BCUT2D eigenvalue weighted by molar-refractivity contribution is 0.0241. The fourth-order valence-corrected chi connectivity index (χ4v) is 3.09. The van der Waals surface area contributed by atoms with E-state index in [0.29, 0.717) is 17.2 Å². The Hall–Kier alpha value is -2.11. The first kappa shape index (κ1) is 17.7. The number of nitrogens with zero attached hydrogens (tertiary/aromatic N) is 2. The molecule has 6 heteroatoms. The molecule has 1 aromatic heterocycles. The first-order valence-corrected chi connectivity index (χ1v) is 8.69. The molecule has 0 radical (unpaired) electrons. The zero-order valence-electron chi connectivity index (χ0n) is 14.2. The second kappa shape index (κ2) is 8.32. The van der Waals surface area contributed by atoms with Crippen molar-refractivity contribution in [3.8, 4) is 0 Å². The first-order chi connectivity index (χ1) is 12.2. The van der Waals surface area contributed by atoms with Crippen LogP contribution >= 0.6 is 11.6 Å². The third-order valence-corrected chi connectivity index (χ3v) is 4.51. The minimum absolute atomic E-state index is 0.0772. The number of methoxy groups -OCH3 is 1. The Balaban J connectivity index is 1.57. The van der Waals surface area contributed by atoms with E-state index >= 15 is 0 Å². The zero-order valence-corrected chi connectivity index (χ0v) is 14.9. The van der Waals surface area contributed by atoms with Crippen LogP contribution in [0.4, 0.5) is 5.82 Å². The van der Waals surface area contributed by atoms with Gasteiger partial charge < -0.3 is 14.4 Å². The quantitative estimate of drug-likeness (QED) is 0.761. The molecule has 1 aliphatic rings. The molecule has 0 atom stereocenters. The van der Waals surface area contributed by atoms with Crippen molar-refractivity contribution < 1.29 is 14.3 Å². The van der Waals surface area contributed by atoms with E-state index in [0.717, 1.165) is 37.3 Å². The molecule has 2 aromatic rings. The fraction of sp³-hybridized carbons (Fsp3) is 0.368. The van der Waals surface area contributed by atoms with E-state index in [1.165, 1.54) is 0 Å². The van der Waals surface area contributed by atoms with Crippen molar-refractivity contribution >= 4 is 23.4 Å². The van der Waals surface area contributed by atoms with Gasteiger partial charge in [0.15, 0.2) is 0 Å². The van der Waals surface area contributed by atoms with Crippen LogP contribution in [-0.2, 0) is 16.1 Å². The Morgan fingerprint density at radius 1 is 1.24 bits per heavy atom. The highest BCUT2D eigenvalue weighted by Crippen LogP contribution is 2.22. The standard InChI is InChI=1S/C19H21ClN2O3/c1-24-13-14-4-2-3-5-17(14)19(23)25-16-8-10-22(11-9-16)18-7-6-15(20)12-21-18/h2-7,12,16H,8-11,13H2,1H3. The molecule has 0 N–H and O–H groups in total. The molecule has 2 heterocycles. The highest BCUT2D eigenvalue weighted by atomic mass is 35.5. The van der Waals surface area contributed by atoms with Crippen molar-refractivity contribution in [2.45, 2.75) is 25.6 Å². The number of hydrogen-bond donors (Lipinski definition) is 0. The highest BCUT2D eigenvalue weighted by molar-refractivity contribution is 6.30. The van der Waals surface area contributed by atoms with Crippen LogP contribution in [0.2, 0.25) is 5.02 Å². The maximum atomic E-state index is 12.5. The third-order valence-electron chi connectivity index (χ3n) is 4.29. The molecule has 0 spiro atoms. The number of aromatic nitrogens is 1. The second-order valence-corrected chi connectivity index (χ2v) is 6.45. The maximum absolute atomic E-state index is 12.5. The van der Waals surface area contributed by atoms with Crippen LogP contribution in [0.3, 0.4) is 0 Å². The van der Waals surface area contributed by atoms with Crippen LogP contribution in [0.1, 0.15) is 28.8 Å². The van der Waals surface area contributed by atoms with Gasteiger partial charge in [0.05, 0.1) is 17.2 Å². The molecule has 0 amide bonds. The minimum Gasteiger partial charge on any atom is -0.459 e. The molecular formula is C19H21ClN2O3. The van der Waals surface area contributed by atoms with E-state index in [-0.39, 0.29) is 12.1 Å². The van der Waals surface area contributed by atoms with E-state index in [2.05, 4.69) is 9.88 Å². The van der Waals surface area contributed by atoms with Gasteiger partial charge in [0, 0.05) is 39.2 Å². The number of carbonyl (C=O) groups is 1. The Morgan fingerprint density at radius 3 is 2.68 bits per heavy atom. The lowest BCUT2D eigenvalue weighted by Gasteiger charge is -2.32. The fourth-order valence-electron chi connectivity index (χ4n) is 2.97. The Morgan fingerprint density at radius 2 is 2.00 bits per heavy atom. The third kappa shape index (κ3) is 4.50. The normalized spacial score (nSPS) is 15.2. The Labute approximate surface area is 152 Å². The number of hydrogen-bond acceptors (Lipinski definition) is 5. The summed E-state index contributed by atoms with van der Waals surface area (Å²) < 4.78 is 10.9. The largest absolute Gasteiger partial charge is 0.459 e. The lowest BCUT2D eigenvalue weighted by atomic mass is 10.1. The summed E-state index contributed by atoms with van der Waals surface area (Å²) in [4.78, 5) is 19.0. The van der Waals surface area contributed by atoms with Gasteiger partial charge in [-0.15, -0.1) is 0 Å². The lowest BCUT2D eigenvalue weighted by Crippen LogP contribution is -2.38. The van der Waals surface area contributed by atoms with Crippen molar-refractivity contribution in [3.63, 3.8) is 0 Å². The van der Waals surface area contributed by atoms with Gasteiger partial charge in [0.1, 0.15) is 11.9 Å². The number of rotatable bonds is 5. The summed E-state index contributed by atoms with van der Waals surface area (Å²) in [6.45, 7) is 1.99. The molecule has 0 unspecified atom stereocenters. The van der Waals surface area contributed by atoms with Gasteiger partial charge in [-0.2, -0.15) is 0 Å². The number of piperidine rings is 1. The van der Waals surface area contributed by atoms with Crippen molar-refractivity contribution in [1.29, 1.82) is 0 Å². The van der Waals surface area contributed by atoms with Crippen LogP contribution in [-0.4, -0.2) is 37.3 Å². The highest BCUT2D eigenvalue weighted by Gasteiger charge is 2.24. The van der Waals surface area contributed by atoms with Gasteiger partial charge >= 0.3 is 5.97 Å². The number of anilines is 1. The molecule has 1 saturated heterocycles. The van der Waals surface area contributed by atoms with Crippen LogP contribution in [0.15, 0.2) is 42.6 Å². The van der Waals surface area contributed by atoms with Gasteiger partial charge in [0.2, 0.25) is 0 Å². The van der Waals surface area contributed by atoms with E-state index in [1.54, 1.807) is 19.4 Å². The monoisotopic (exact) mass is 360 g/mol. The minimum atomic E-state index is -0.282. The van der Waals surface area contributed by atoms with Gasteiger partial charge in [-0.05, 0) is 23.8 Å². The van der Waals surface area contributed by atoms with Crippen LogP contribution in [0.5, 0.6) is 0 Å². The summed E-state index contributed by atoms with van der Waals surface area (Å²) in [7, 11) is 1.61. The molecule has 25 heavy (non-hydrogen) atoms. The second-order valence-electron chi connectivity index (χ2n) is 6.02. The predicted molar refractivity (Wildman–Crippen MR) is 97.1 cm³/mol. The molecule has 3 rings (SSSR count). The van der Waals surface area contributed by atoms with Gasteiger partial charge in [-0.25, -0.2) is 9.78 Å². The molecular weight excluding hydrogens is 340 g/mol. The van der Waals surface area contributed by atoms with E-state index in [4.69, 9.17) is 21.1 Å². The Bertz CT molecular complexity index is 713. The van der Waals surface area contributed by atoms with E-state index in [1.807, 2.05) is 30.3 Å². The first-order valence-electron chi connectivity index (χ1n) is 8.31. The van der Waals surface area contributed by atoms with Crippen LogP contribution in [0.25, 0.3) is 0 Å². The SMILES string of the molecule is COCc1ccccc1C(=O)OC1CCN(c2ccc(Cl)cn2)CC1. The summed E-state index contributed by atoms with van der Waals surface area (Å²) in [6.07, 6.45) is 3.13. The predicted octanol–water partition coefficient (Wildman–Crippen LogP) is 3.71. The van der Waals surface area contributed by atoms with E-state index in [9.17, 15) is 4.79 Å². The van der Waals surface area contributed by atoms with E-state index < -0.39 is 0 Å². The average molecular weight is 361 g/mol. The topological polar surface area (TPSA) is 51.7 Å². The summed E-state index contributed by atoms with van der Waals surface area (Å²) in [5, 5.41) is 0.627. The Kier molecular flexibility index (Phi) is 5.89. The number of halogens is 1. The van der Waals surface area contributed by atoms with Crippen LogP contribution < -0.4 is 4.90 Å². The number of pyridine rings is 1. The zero-order chi connectivity index (χ0) is 17.6. The molecule has 1 aromatic carbocycles. The van der Waals surface area contributed by atoms with Crippen molar-refractivity contribution in [3.05, 3.63) is 58.7 Å². The van der Waals surface area contributed by atoms with Gasteiger partial charge in [-0.3, -0.25) is 0 Å². The van der Waals surface area contributed by atoms with Crippen molar-refractivity contribution in [1.82, 2.24) is 4.98 Å². The summed E-state index contributed by atoms with van der Waals surface area (Å²) in [6, 6.07) is 11.1. The number of esters is 1. The molecule has 0 aliphatic carbocycles. The molecule has 132 valence electrons. The number of ether oxygens (including phenoxy) is 2. The number of carbonyl (C=O) groups excluding carboxylic acids is 1. The maximum Gasteiger partial charge on any atom is 0.338 e.